The Morgan fingerprint density at radius 2 is 1.38 bits per heavy atom. The summed E-state index contributed by atoms with van der Waals surface area (Å²) in [5.74, 6) is 0. The third-order valence-corrected chi connectivity index (χ3v) is 9.38. The third kappa shape index (κ3) is 5.73. The summed E-state index contributed by atoms with van der Waals surface area (Å²) < 4.78 is 19.0. The number of hydrogen-bond donors (Lipinski definition) is 0. The van der Waals surface area contributed by atoms with Crippen LogP contribution in [0, 0.1) is 0 Å². The highest BCUT2D eigenvalue weighted by molar-refractivity contribution is 6.62. The molecule has 0 aliphatic rings. The highest BCUT2D eigenvalue weighted by Gasteiger charge is 2.50. The second-order valence-corrected chi connectivity index (χ2v) is 10.9. The molecule has 0 aliphatic carbocycles. The number of fused-ring (bicyclic) bond motifs is 3. The van der Waals surface area contributed by atoms with Crippen LogP contribution in [-0.2, 0) is 13.3 Å². The predicted molar refractivity (Wildman–Crippen MR) is 134 cm³/mol. The Morgan fingerprint density at radius 3 is 2.03 bits per heavy atom. The number of benzene rings is 1. The van der Waals surface area contributed by atoms with Crippen LogP contribution in [0.5, 0.6) is 0 Å². The summed E-state index contributed by atoms with van der Waals surface area (Å²) in [5.41, 5.74) is 2.87. The molecule has 0 amide bonds. The largest absolute Gasteiger partial charge is 0.510 e. The Balaban J connectivity index is 2.06. The number of aromatic nitrogens is 2. The minimum atomic E-state index is -2.97. The van der Waals surface area contributed by atoms with Gasteiger partial charge in [0.05, 0.1) is 16.6 Å². The molecule has 3 aromatic rings. The topological polar surface area (TPSA) is 53.5 Å². The molecule has 0 radical (unpaired) electrons. The molecule has 2 heterocycles. The SMILES string of the molecule is CCCCCCCC(c1ccc2ccc3cccnc3c2n1)[Si](OCC)(OCC)OCC. The molecular weight excluding hydrogens is 416 g/mol. The lowest BCUT2D eigenvalue weighted by atomic mass is 10.1. The summed E-state index contributed by atoms with van der Waals surface area (Å²) in [5, 5.41) is 2.20. The van der Waals surface area contributed by atoms with Crippen molar-refractivity contribution in [3.05, 3.63) is 48.3 Å². The zero-order valence-corrected chi connectivity index (χ0v) is 21.1. The van der Waals surface area contributed by atoms with Crippen LogP contribution in [0.15, 0.2) is 42.6 Å². The zero-order valence-electron chi connectivity index (χ0n) is 20.1. The maximum atomic E-state index is 6.34. The molecular formula is C26H38N2O3Si. The fourth-order valence-electron chi connectivity index (χ4n) is 4.42. The van der Waals surface area contributed by atoms with E-state index in [0.29, 0.717) is 19.8 Å². The Bertz CT molecular complexity index is 965. The Morgan fingerprint density at radius 1 is 0.750 bits per heavy atom. The van der Waals surface area contributed by atoms with E-state index in [-0.39, 0.29) is 5.54 Å². The van der Waals surface area contributed by atoms with E-state index in [1.807, 2.05) is 33.0 Å². The van der Waals surface area contributed by atoms with E-state index in [4.69, 9.17) is 18.3 Å². The fraction of sp³-hybridized carbons (Fsp3) is 0.538. The van der Waals surface area contributed by atoms with Gasteiger partial charge in [-0.3, -0.25) is 9.97 Å². The Kier molecular flexibility index (Phi) is 9.60. The van der Waals surface area contributed by atoms with Gasteiger partial charge in [-0.05, 0) is 39.3 Å². The molecule has 0 bridgehead atoms. The summed E-state index contributed by atoms with van der Waals surface area (Å²) in [6, 6.07) is 12.6. The minimum Gasteiger partial charge on any atom is -0.373 e. The maximum Gasteiger partial charge on any atom is 0.510 e. The number of unbranched alkanes of at least 4 members (excludes halogenated alkanes) is 4. The van der Waals surface area contributed by atoms with Crippen LogP contribution in [0.4, 0.5) is 0 Å². The van der Waals surface area contributed by atoms with Crippen LogP contribution < -0.4 is 0 Å². The Hall–Kier alpha value is -1.86. The number of pyridine rings is 2. The normalized spacial score (nSPS) is 13.1. The van der Waals surface area contributed by atoms with Crippen LogP contribution >= 0.6 is 0 Å². The number of hydrogen-bond acceptors (Lipinski definition) is 5. The molecule has 174 valence electrons. The van der Waals surface area contributed by atoms with Crippen LogP contribution in [0.3, 0.4) is 0 Å². The first-order valence-corrected chi connectivity index (χ1v) is 14.1. The van der Waals surface area contributed by atoms with Gasteiger partial charge in [-0.1, -0.05) is 63.3 Å². The molecule has 0 saturated heterocycles. The molecule has 32 heavy (non-hydrogen) atoms. The van der Waals surface area contributed by atoms with Crippen molar-refractivity contribution < 1.29 is 13.3 Å². The highest BCUT2D eigenvalue weighted by atomic mass is 28.4. The van der Waals surface area contributed by atoms with Gasteiger partial charge in [0.1, 0.15) is 0 Å². The van der Waals surface area contributed by atoms with Gasteiger partial charge in [0.15, 0.2) is 0 Å². The molecule has 0 aliphatic heterocycles. The standard InChI is InChI=1S/C26H38N2O3Si/c1-5-9-10-11-12-15-24(32(29-6-2,30-7-3)31-8-4)23-19-18-22-17-16-21-14-13-20-27-25(21)26(22)28-23/h13-14,16-20,24H,5-12,15H2,1-4H3. The molecule has 0 fully saturated rings. The van der Waals surface area contributed by atoms with Crippen molar-refractivity contribution in [2.45, 2.75) is 71.8 Å². The van der Waals surface area contributed by atoms with Crippen molar-refractivity contribution in [2.75, 3.05) is 19.8 Å². The minimum absolute atomic E-state index is 0.00680. The van der Waals surface area contributed by atoms with E-state index < -0.39 is 8.80 Å². The molecule has 5 nitrogen and oxygen atoms in total. The van der Waals surface area contributed by atoms with Crippen molar-refractivity contribution >= 4 is 30.6 Å². The van der Waals surface area contributed by atoms with E-state index in [1.165, 1.54) is 25.7 Å². The molecule has 3 rings (SSSR count). The summed E-state index contributed by atoms with van der Waals surface area (Å²) in [6.45, 7) is 10.00. The molecule has 0 saturated carbocycles. The van der Waals surface area contributed by atoms with Crippen molar-refractivity contribution in [3.8, 4) is 0 Å². The van der Waals surface area contributed by atoms with Gasteiger partial charge in [-0.2, -0.15) is 0 Å². The van der Waals surface area contributed by atoms with Crippen LogP contribution in [-0.4, -0.2) is 38.6 Å². The van der Waals surface area contributed by atoms with Gasteiger partial charge in [0.25, 0.3) is 0 Å². The molecule has 0 spiro atoms. The molecule has 1 aromatic carbocycles. The maximum absolute atomic E-state index is 6.34. The molecule has 6 heteroatoms. The second kappa shape index (κ2) is 12.4. The van der Waals surface area contributed by atoms with Gasteiger partial charge in [0.2, 0.25) is 0 Å². The highest BCUT2D eigenvalue weighted by Crippen LogP contribution is 2.35. The zero-order chi connectivity index (χ0) is 22.8. The fourth-order valence-corrected chi connectivity index (χ4v) is 7.56. The molecule has 0 N–H and O–H groups in total. The monoisotopic (exact) mass is 454 g/mol. The van der Waals surface area contributed by atoms with E-state index in [1.54, 1.807) is 0 Å². The van der Waals surface area contributed by atoms with E-state index >= 15 is 0 Å². The molecule has 2 aromatic heterocycles. The average molecular weight is 455 g/mol. The molecule has 1 atom stereocenters. The van der Waals surface area contributed by atoms with E-state index in [2.05, 4.69) is 42.2 Å². The smallest absolute Gasteiger partial charge is 0.373 e. The van der Waals surface area contributed by atoms with E-state index in [9.17, 15) is 0 Å². The van der Waals surface area contributed by atoms with Gasteiger partial charge in [0, 0.05) is 42.5 Å². The van der Waals surface area contributed by atoms with Crippen LogP contribution in [0.25, 0.3) is 21.8 Å². The molecule has 1 unspecified atom stereocenters. The number of rotatable bonds is 14. The Labute approximate surface area is 193 Å². The lowest BCUT2D eigenvalue weighted by molar-refractivity contribution is 0.0599. The number of nitrogens with zero attached hydrogens (tertiary/aromatic N) is 2. The van der Waals surface area contributed by atoms with E-state index in [0.717, 1.165) is 40.3 Å². The van der Waals surface area contributed by atoms with Crippen molar-refractivity contribution in [1.82, 2.24) is 9.97 Å². The van der Waals surface area contributed by atoms with Crippen LogP contribution in [0.1, 0.15) is 77.5 Å². The summed E-state index contributed by atoms with van der Waals surface area (Å²) in [4.78, 5) is 9.80. The van der Waals surface area contributed by atoms with Crippen molar-refractivity contribution in [2.24, 2.45) is 0 Å². The summed E-state index contributed by atoms with van der Waals surface area (Å²) in [7, 11) is -2.97. The quantitative estimate of drug-likeness (QED) is 0.152. The third-order valence-electron chi connectivity index (χ3n) is 5.87. The first-order chi connectivity index (χ1) is 15.7. The second-order valence-electron chi connectivity index (χ2n) is 8.11. The van der Waals surface area contributed by atoms with Crippen molar-refractivity contribution in [1.29, 1.82) is 0 Å². The summed E-state index contributed by atoms with van der Waals surface area (Å²) in [6.07, 6.45) is 8.88. The van der Waals surface area contributed by atoms with Crippen LogP contribution in [0.2, 0.25) is 0 Å². The average Bonchev–Trinajstić information content (AvgIpc) is 2.81. The van der Waals surface area contributed by atoms with Gasteiger partial charge >= 0.3 is 8.80 Å². The predicted octanol–water partition coefficient (Wildman–Crippen LogP) is 6.81. The summed E-state index contributed by atoms with van der Waals surface area (Å²) >= 11 is 0. The van der Waals surface area contributed by atoms with Crippen molar-refractivity contribution in [3.63, 3.8) is 0 Å². The first kappa shape index (κ1) is 24.8. The van der Waals surface area contributed by atoms with Gasteiger partial charge in [-0.15, -0.1) is 0 Å². The lowest BCUT2D eigenvalue weighted by Crippen LogP contribution is -2.52. The van der Waals surface area contributed by atoms with Gasteiger partial charge < -0.3 is 13.3 Å². The lowest BCUT2D eigenvalue weighted by Gasteiger charge is -2.35. The first-order valence-electron chi connectivity index (χ1n) is 12.2. The van der Waals surface area contributed by atoms with Gasteiger partial charge in [-0.25, -0.2) is 0 Å².